The first-order valence-electron chi connectivity index (χ1n) is 13.3. The molecule has 0 amide bonds. The summed E-state index contributed by atoms with van der Waals surface area (Å²) in [5, 5.41) is 0.730. The number of benzene rings is 1. The summed E-state index contributed by atoms with van der Waals surface area (Å²) >= 11 is 1.69. The van der Waals surface area contributed by atoms with Crippen molar-refractivity contribution in [1.82, 2.24) is 9.88 Å². The van der Waals surface area contributed by atoms with Gasteiger partial charge in [-0.2, -0.15) is 0 Å². The summed E-state index contributed by atoms with van der Waals surface area (Å²) in [6.45, 7) is 6.77. The van der Waals surface area contributed by atoms with Crippen LogP contribution in [0.5, 0.6) is 0 Å². The third kappa shape index (κ3) is 7.02. The number of nitrogen functional groups attached to an aromatic ring is 1. The van der Waals surface area contributed by atoms with Gasteiger partial charge in [-0.3, -0.25) is 4.79 Å². The van der Waals surface area contributed by atoms with Crippen molar-refractivity contribution in [3.8, 4) is 0 Å². The van der Waals surface area contributed by atoms with Gasteiger partial charge in [-0.15, -0.1) is 11.3 Å². The maximum Gasteiger partial charge on any atom is 0.180 e. The van der Waals surface area contributed by atoms with Gasteiger partial charge in [-0.05, 0) is 88.4 Å². The molecule has 1 aromatic heterocycles. The van der Waals surface area contributed by atoms with Gasteiger partial charge >= 0.3 is 0 Å². The normalized spacial score (nSPS) is 22.9. The molecule has 4 nitrogen and oxygen atoms in total. The average Bonchev–Trinajstić information content (AvgIpc) is 3.20. The second-order valence-corrected chi connectivity index (χ2v) is 11.6. The average molecular weight is 480 g/mol. The molecule has 2 aromatic rings. The molecule has 2 aliphatic carbocycles. The van der Waals surface area contributed by atoms with Crippen LogP contribution in [-0.2, 0) is 17.6 Å². The third-order valence-electron chi connectivity index (χ3n) is 7.74. The Morgan fingerprint density at radius 2 is 1.97 bits per heavy atom. The molecule has 2 aliphatic rings. The Morgan fingerprint density at radius 1 is 1.18 bits per heavy atom. The quantitative estimate of drug-likeness (QED) is 0.397. The molecule has 184 valence electrons. The van der Waals surface area contributed by atoms with Gasteiger partial charge in [0.15, 0.2) is 10.9 Å². The molecule has 1 saturated carbocycles. The molecule has 5 heteroatoms. The van der Waals surface area contributed by atoms with Gasteiger partial charge in [0.1, 0.15) is 0 Å². The van der Waals surface area contributed by atoms with E-state index in [1.165, 1.54) is 74.2 Å². The second-order valence-electron chi connectivity index (χ2n) is 10.4. The van der Waals surface area contributed by atoms with E-state index in [0.717, 1.165) is 29.5 Å². The van der Waals surface area contributed by atoms with E-state index in [9.17, 15) is 4.79 Å². The minimum atomic E-state index is 0.277. The highest BCUT2D eigenvalue weighted by Gasteiger charge is 2.28. The summed E-state index contributed by atoms with van der Waals surface area (Å²) in [6, 6.07) is 8.95. The Balaban J connectivity index is 1.20. The van der Waals surface area contributed by atoms with Crippen molar-refractivity contribution < 1.29 is 4.79 Å². The monoisotopic (exact) mass is 479 g/mol. The molecule has 34 heavy (non-hydrogen) atoms. The van der Waals surface area contributed by atoms with Crippen LogP contribution >= 0.6 is 11.3 Å². The van der Waals surface area contributed by atoms with E-state index < -0.39 is 0 Å². The minimum absolute atomic E-state index is 0.277. The predicted octanol–water partition coefficient (Wildman–Crippen LogP) is 6.47. The highest BCUT2D eigenvalue weighted by molar-refractivity contribution is 7.15. The second kappa shape index (κ2) is 12.1. The molecule has 4 rings (SSSR count). The zero-order chi connectivity index (χ0) is 23.9. The van der Waals surface area contributed by atoms with E-state index >= 15 is 0 Å². The highest BCUT2D eigenvalue weighted by Crippen LogP contribution is 2.34. The topological polar surface area (TPSA) is 59.2 Å². The summed E-state index contributed by atoms with van der Waals surface area (Å²) in [5.74, 6) is 1.65. The van der Waals surface area contributed by atoms with Gasteiger partial charge in [0, 0.05) is 17.3 Å². The van der Waals surface area contributed by atoms with E-state index in [0.29, 0.717) is 18.4 Å². The lowest BCUT2D eigenvalue weighted by atomic mass is 9.78. The number of rotatable bonds is 10. The largest absolute Gasteiger partial charge is 0.375 e. The van der Waals surface area contributed by atoms with E-state index in [2.05, 4.69) is 41.9 Å². The van der Waals surface area contributed by atoms with Crippen molar-refractivity contribution in [1.29, 1.82) is 0 Å². The summed E-state index contributed by atoms with van der Waals surface area (Å²) in [4.78, 5) is 21.2. The lowest BCUT2D eigenvalue weighted by molar-refractivity contribution is -0.115. The first kappa shape index (κ1) is 25.1. The predicted molar refractivity (Wildman–Crippen MR) is 144 cm³/mol. The molecule has 1 fully saturated rings. The van der Waals surface area contributed by atoms with E-state index in [-0.39, 0.29) is 5.78 Å². The molecule has 0 aliphatic heterocycles. The fourth-order valence-corrected chi connectivity index (χ4v) is 6.79. The first-order chi connectivity index (χ1) is 16.5. The van der Waals surface area contributed by atoms with Crippen LogP contribution in [0, 0.1) is 18.8 Å². The minimum Gasteiger partial charge on any atom is -0.375 e. The van der Waals surface area contributed by atoms with Crippen LogP contribution in [0.4, 0.5) is 5.13 Å². The van der Waals surface area contributed by atoms with Gasteiger partial charge in [0.2, 0.25) is 0 Å². The Labute approximate surface area is 209 Å². The van der Waals surface area contributed by atoms with Crippen molar-refractivity contribution in [2.24, 2.45) is 11.8 Å². The standard InChI is InChI=1S/C29H41N3OS/c1-3-16-32(25-12-14-27-28(20-25)34-29(30)31-27)17-15-22-7-9-24(10-8-22)19-26(33)13-11-23-6-4-5-21(2)18-23/h4-6,11,13,18,22,24-25H,3,7-10,12,14-17,19-20H2,1-2H3,(H2,30,31). The maximum atomic E-state index is 12.5. The van der Waals surface area contributed by atoms with E-state index in [4.69, 9.17) is 5.73 Å². The molecular weight excluding hydrogens is 438 g/mol. The van der Waals surface area contributed by atoms with Crippen LogP contribution < -0.4 is 5.73 Å². The zero-order valence-corrected chi connectivity index (χ0v) is 21.8. The molecular formula is C29H41N3OS. The van der Waals surface area contributed by atoms with E-state index in [1.54, 1.807) is 17.4 Å². The summed E-state index contributed by atoms with van der Waals surface area (Å²) in [5.41, 5.74) is 9.54. The summed E-state index contributed by atoms with van der Waals surface area (Å²) in [6.07, 6.45) is 15.3. The van der Waals surface area contributed by atoms with Crippen LogP contribution in [0.1, 0.15) is 80.0 Å². The number of hydrogen-bond acceptors (Lipinski definition) is 5. The van der Waals surface area contributed by atoms with Crippen LogP contribution in [0.2, 0.25) is 0 Å². The van der Waals surface area contributed by atoms with Crippen molar-refractivity contribution in [3.05, 3.63) is 52.0 Å². The number of thiazole rings is 1. The number of ketones is 1. The van der Waals surface area contributed by atoms with Crippen molar-refractivity contribution >= 4 is 28.3 Å². The molecule has 1 unspecified atom stereocenters. The molecule has 2 N–H and O–H groups in total. The van der Waals surface area contributed by atoms with Gasteiger partial charge in [0.25, 0.3) is 0 Å². The molecule has 0 spiro atoms. The fraction of sp³-hybridized carbons (Fsp3) is 0.586. The van der Waals surface area contributed by atoms with Gasteiger partial charge in [0.05, 0.1) is 5.69 Å². The Kier molecular flexibility index (Phi) is 8.96. The number of nitrogens with two attached hydrogens (primary N) is 1. The first-order valence-corrected chi connectivity index (χ1v) is 14.1. The number of aromatic nitrogens is 1. The summed E-state index contributed by atoms with van der Waals surface area (Å²) < 4.78 is 0. The van der Waals surface area contributed by atoms with Crippen LogP contribution in [0.15, 0.2) is 30.3 Å². The van der Waals surface area contributed by atoms with Crippen molar-refractivity contribution in [3.63, 3.8) is 0 Å². The van der Waals surface area contributed by atoms with Crippen molar-refractivity contribution in [2.45, 2.75) is 84.1 Å². The smallest absolute Gasteiger partial charge is 0.180 e. The molecule has 1 heterocycles. The Bertz CT molecular complexity index is 974. The number of carbonyl (C=O) groups is 1. The number of allylic oxidation sites excluding steroid dienone is 1. The summed E-state index contributed by atoms with van der Waals surface area (Å²) in [7, 11) is 0. The van der Waals surface area contributed by atoms with E-state index in [1.807, 2.05) is 12.1 Å². The van der Waals surface area contributed by atoms with Gasteiger partial charge in [-0.25, -0.2) is 4.98 Å². The number of hydrogen-bond donors (Lipinski definition) is 1. The Morgan fingerprint density at radius 3 is 2.74 bits per heavy atom. The van der Waals surface area contributed by atoms with Crippen molar-refractivity contribution in [2.75, 3.05) is 18.8 Å². The Hall–Kier alpha value is -1.98. The SMILES string of the molecule is CCCN(CCC1CCC(CC(=O)C=Cc2cccc(C)c2)CC1)C1CCc2nc(N)sc2C1. The molecule has 0 radical (unpaired) electrons. The number of anilines is 1. The number of carbonyl (C=O) groups excluding carboxylic acids is 1. The number of fused-ring (bicyclic) bond motifs is 1. The van der Waals surface area contributed by atoms with Crippen LogP contribution in [-0.4, -0.2) is 34.8 Å². The molecule has 0 saturated heterocycles. The van der Waals surface area contributed by atoms with Crippen LogP contribution in [0.3, 0.4) is 0 Å². The van der Waals surface area contributed by atoms with Gasteiger partial charge < -0.3 is 10.6 Å². The molecule has 1 atom stereocenters. The lowest BCUT2D eigenvalue weighted by Gasteiger charge is -2.36. The van der Waals surface area contributed by atoms with Gasteiger partial charge in [-0.1, -0.05) is 55.7 Å². The third-order valence-corrected chi connectivity index (χ3v) is 8.69. The number of aryl methyl sites for hydroxylation is 2. The van der Waals surface area contributed by atoms with Crippen LogP contribution in [0.25, 0.3) is 6.08 Å². The zero-order valence-electron chi connectivity index (χ0n) is 21.0. The lowest BCUT2D eigenvalue weighted by Crippen LogP contribution is -2.41. The number of nitrogens with zero attached hydrogens (tertiary/aromatic N) is 2. The molecule has 0 bridgehead atoms. The fourth-order valence-electron chi connectivity index (χ4n) is 5.84. The maximum absolute atomic E-state index is 12.5. The molecule has 1 aromatic carbocycles. The highest BCUT2D eigenvalue weighted by atomic mass is 32.1.